The van der Waals surface area contributed by atoms with E-state index in [4.69, 9.17) is 16.3 Å². The molecule has 0 radical (unpaired) electrons. The molecule has 2 fully saturated rings. The molecule has 0 aliphatic carbocycles. The number of benzene rings is 1. The van der Waals surface area contributed by atoms with E-state index in [0.29, 0.717) is 23.8 Å². The Morgan fingerprint density at radius 2 is 2.00 bits per heavy atom. The van der Waals surface area contributed by atoms with Crippen molar-refractivity contribution in [3.05, 3.63) is 47.4 Å². The van der Waals surface area contributed by atoms with Crippen LogP contribution in [-0.4, -0.2) is 78.7 Å². The molecule has 2 aliphatic rings. The van der Waals surface area contributed by atoms with Crippen molar-refractivity contribution in [2.24, 2.45) is 0 Å². The van der Waals surface area contributed by atoms with E-state index in [1.807, 2.05) is 0 Å². The van der Waals surface area contributed by atoms with Gasteiger partial charge in [-0.1, -0.05) is 11.6 Å². The molecule has 180 valence electrons. The van der Waals surface area contributed by atoms with Crippen molar-refractivity contribution in [1.82, 2.24) is 14.8 Å². The van der Waals surface area contributed by atoms with Crippen LogP contribution in [0, 0.1) is 5.82 Å². The molecule has 4 rings (SSSR count). The third-order valence-electron chi connectivity index (χ3n) is 5.86. The number of likely N-dealkylation sites (tertiary alicyclic amines) is 1. The number of nitrogens with zero attached hydrogens (tertiary/aromatic N) is 4. The first-order chi connectivity index (χ1) is 16.3. The molecule has 1 aromatic carbocycles. The standard InChI is InChI=1S/C22H24ClFN6O4/c1-28-7-8-29(22(28)33)14-4-5-17(16(24)9-14)26-20(31)18-10-15(34-2)12-30(18)21(32)27-19-6-3-13(23)11-25-19/h3-6,9,11,15,18H,7-8,10,12H2,1-2H3,(H,26,31)(H,25,27,32)/t15-,18-/m1/s1. The first-order valence-corrected chi connectivity index (χ1v) is 11.0. The number of carbonyl (C=O) groups excluding carboxylic acids is 3. The van der Waals surface area contributed by atoms with E-state index >= 15 is 0 Å². The number of carbonyl (C=O) groups is 3. The van der Waals surface area contributed by atoms with Crippen LogP contribution in [0.4, 0.5) is 31.2 Å². The molecule has 0 bridgehead atoms. The van der Waals surface area contributed by atoms with Crippen LogP contribution < -0.4 is 15.5 Å². The predicted octanol–water partition coefficient (Wildman–Crippen LogP) is 3.01. The van der Waals surface area contributed by atoms with Crippen LogP contribution in [-0.2, 0) is 9.53 Å². The van der Waals surface area contributed by atoms with Gasteiger partial charge in [0.15, 0.2) is 0 Å². The topological polar surface area (TPSA) is 107 Å². The monoisotopic (exact) mass is 490 g/mol. The molecule has 10 nitrogen and oxygen atoms in total. The number of urea groups is 2. The van der Waals surface area contributed by atoms with Crippen LogP contribution in [0.2, 0.25) is 5.02 Å². The summed E-state index contributed by atoms with van der Waals surface area (Å²) >= 11 is 5.82. The Morgan fingerprint density at radius 3 is 2.62 bits per heavy atom. The van der Waals surface area contributed by atoms with E-state index < -0.39 is 23.8 Å². The number of methoxy groups -OCH3 is 1. The quantitative estimate of drug-likeness (QED) is 0.670. The number of amides is 5. The fourth-order valence-corrected chi connectivity index (χ4v) is 4.06. The number of ether oxygens (including phenoxy) is 1. The Morgan fingerprint density at radius 1 is 1.21 bits per heavy atom. The van der Waals surface area contributed by atoms with Gasteiger partial charge in [0.2, 0.25) is 5.91 Å². The second-order valence-electron chi connectivity index (χ2n) is 8.06. The van der Waals surface area contributed by atoms with Gasteiger partial charge in [-0.05, 0) is 30.3 Å². The zero-order chi connectivity index (χ0) is 24.4. The lowest BCUT2D eigenvalue weighted by atomic mass is 10.1. The van der Waals surface area contributed by atoms with Crippen molar-refractivity contribution in [3.63, 3.8) is 0 Å². The largest absolute Gasteiger partial charge is 0.380 e. The van der Waals surface area contributed by atoms with Crippen LogP contribution >= 0.6 is 11.6 Å². The second kappa shape index (κ2) is 9.82. The molecule has 0 saturated carbocycles. The second-order valence-corrected chi connectivity index (χ2v) is 8.50. The van der Waals surface area contributed by atoms with E-state index in [9.17, 15) is 18.8 Å². The maximum absolute atomic E-state index is 14.8. The van der Waals surface area contributed by atoms with Crippen molar-refractivity contribution >= 4 is 46.8 Å². The summed E-state index contributed by atoms with van der Waals surface area (Å²) in [6.45, 7) is 1.18. The molecule has 0 spiro atoms. The zero-order valence-corrected chi connectivity index (χ0v) is 19.4. The zero-order valence-electron chi connectivity index (χ0n) is 18.6. The number of pyridine rings is 1. The first-order valence-electron chi connectivity index (χ1n) is 10.6. The fraction of sp³-hybridized carbons (Fsp3) is 0.364. The van der Waals surface area contributed by atoms with Gasteiger partial charge in [0.1, 0.15) is 17.7 Å². The summed E-state index contributed by atoms with van der Waals surface area (Å²) in [6, 6.07) is 5.65. The van der Waals surface area contributed by atoms with E-state index in [1.165, 1.54) is 35.2 Å². The summed E-state index contributed by atoms with van der Waals surface area (Å²) in [6.07, 6.45) is 1.28. The molecule has 1 aromatic heterocycles. The maximum Gasteiger partial charge on any atom is 0.324 e. The third kappa shape index (κ3) is 4.90. The molecule has 2 saturated heterocycles. The molecule has 2 aliphatic heterocycles. The smallest absolute Gasteiger partial charge is 0.324 e. The van der Waals surface area contributed by atoms with Crippen molar-refractivity contribution < 1.29 is 23.5 Å². The Bertz CT molecular complexity index is 1100. The first kappa shape index (κ1) is 23.7. The Labute approximate surface area is 200 Å². The molecule has 5 amide bonds. The highest BCUT2D eigenvalue weighted by atomic mass is 35.5. The van der Waals surface area contributed by atoms with Gasteiger partial charge in [-0.2, -0.15) is 0 Å². The molecular formula is C22H24ClFN6O4. The highest BCUT2D eigenvalue weighted by Gasteiger charge is 2.40. The van der Waals surface area contributed by atoms with E-state index in [0.717, 1.165) is 0 Å². The van der Waals surface area contributed by atoms with E-state index in [1.54, 1.807) is 30.1 Å². The van der Waals surface area contributed by atoms with Crippen LogP contribution in [0.3, 0.4) is 0 Å². The minimum atomic E-state index is -0.884. The molecular weight excluding hydrogens is 467 g/mol. The molecule has 2 aromatic rings. The Kier molecular flexibility index (Phi) is 6.85. The Balaban J connectivity index is 1.46. The normalized spacial score (nSPS) is 20.1. The lowest BCUT2D eigenvalue weighted by Crippen LogP contribution is -2.45. The minimum Gasteiger partial charge on any atom is -0.380 e. The summed E-state index contributed by atoms with van der Waals surface area (Å²) < 4.78 is 20.1. The number of rotatable bonds is 5. The SMILES string of the molecule is CO[C@@H]1C[C@H](C(=O)Nc2ccc(N3CCN(C)C3=O)cc2F)N(C(=O)Nc2ccc(Cl)cn2)C1. The molecule has 3 heterocycles. The van der Waals surface area contributed by atoms with Gasteiger partial charge in [-0.15, -0.1) is 0 Å². The van der Waals surface area contributed by atoms with Gasteiger partial charge in [0.25, 0.3) is 0 Å². The average Bonchev–Trinajstić information content (AvgIpc) is 3.40. The molecule has 0 unspecified atom stereocenters. The number of anilines is 3. The Hall–Kier alpha value is -3.44. The molecule has 34 heavy (non-hydrogen) atoms. The lowest BCUT2D eigenvalue weighted by Gasteiger charge is -2.24. The lowest BCUT2D eigenvalue weighted by molar-refractivity contribution is -0.119. The van der Waals surface area contributed by atoms with Gasteiger partial charge in [-0.3, -0.25) is 15.0 Å². The minimum absolute atomic E-state index is 0.0469. The summed E-state index contributed by atoms with van der Waals surface area (Å²) in [7, 11) is 3.17. The molecule has 12 heteroatoms. The van der Waals surface area contributed by atoms with Crippen molar-refractivity contribution in [3.8, 4) is 0 Å². The van der Waals surface area contributed by atoms with Crippen LogP contribution in [0.5, 0.6) is 0 Å². The number of nitrogens with one attached hydrogen (secondary N) is 2. The average molecular weight is 491 g/mol. The number of halogens is 2. The van der Waals surface area contributed by atoms with Crippen LogP contribution in [0.15, 0.2) is 36.5 Å². The van der Waals surface area contributed by atoms with Crippen LogP contribution in [0.25, 0.3) is 0 Å². The van der Waals surface area contributed by atoms with Crippen molar-refractivity contribution in [1.29, 1.82) is 0 Å². The number of hydrogen-bond acceptors (Lipinski definition) is 5. The number of likely N-dealkylation sites (N-methyl/N-ethyl adjacent to an activating group) is 1. The fourth-order valence-electron chi connectivity index (χ4n) is 3.95. The van der Waals surface area contributed by atoms with Gasteiger partial charge >= 0.3 is 12.1 Å². The predicted molar refractivity (Wildman–Crippen MR) is 125 cm³/mol. The van der Waals surface area contributed by atoms with Gasteiger partial charge in [0.05, 0.1) is 16.8 Å². The van der Waals surface area contributed by atoms with Crippen molar-refractivity contribution in [2.45, 2.75) is 18.6 Å². The summed E-state index contributed by atoms with van der Waals surface area (Å²) in [5.74, 6) is -0.962. The van der Waals surface area contributed by atoms with Crippen molar-refractivity contribution in [2.75, 3.05) is 49.3 Å². The highest BCUT2D eigenvalue weighted by Crippen LogP contribution is 2.27. The number of aromatic nitrogens is 1. The summed E-state index contributed by atoms with van der Waals surface area (Å²) in [5, 5.41) is 5.60. The van der Waals surface area contributed by atoms with Crippen LogP contribution in [0.1, 0.15) is 6.42 Å². The summed E-state index contributed by atoms with van der Waals surface area (Å²) in [5.41, 5.74) is 0.357. The molecule has 2 atom stereocenters. The van der Waals surface area contributed by atoms with Gasteiger partial charge in [-0.25, -0.2) is 19.0 Å². The van der Waals surface area contributed by atoms with Gasteiger partial charge in [0, 0.05) is 52.1 Å². The van der Waals surface area contributed by atoms with E-state index in [2.05, 4.69) is 15.6 Å². The summed E-state index contributed by atoms with van der Waals surface area (Å²) in [4.78, 5) is 46.4. The molecule has 2 N–H and O–H groups in total. The maximum atomic E-state index is 14.8. The third-order valence-corrected chi connectivity index (χ3v) is 6.08. The highest BCUT2D eigenvalue weighted by molar-refractivity contribution is 6.30. The number of hydrogen-bond donors (Lipinski definition) is 2. The van der Waals surface area contributed by atoms with Gasteiger partial charge < -0.3 is 19.9 Å². The van der Waals surface area contributed by atoms with E-state index in [-0.39, 0.29) is 36.6 Å².